The number of hydrogen-bond acceptors (Lipinski definition) is 4. The number of benzene rings is 1. The molecule has 0 saturated heterocycles. The third kappa shape index (κ3) is 3.12. The van der Waals surface area contributed by atoms with Crippen LogP contribution in [0.25, 0.3) is 0 Å². The van der Waals surface area contributed by atoms with Gasteiger partial charge in [-0.25, -0.2) is 9.67 Å². The lowest BCUT2D eigenvalue weighted by atomic mass is 9.79. The molecule has 0 amide bonds. The van der Waals surface area contributed by atoms with Crippen molar-refractivity contribution in [2.24, 2.45) is 5.41 Å². The number of nitrogens with zero attached hydrogens (tertiary/aromatic N) is 3. The summed E-state index contributed by atoms with van der Waals surface area (Å²) in [4.78, 5) is 4.83. The summed E-state index contributed by atoms with van der Waals surface area (Å²) in [6.07, 6.45) is 5.39. The first-order chi connectivity index (χ1) is 12.1. The molecule has 4 rings (SSSR count). The van der Waals surface area contributed by atoms with Crippen LogP contribution in [-0.4, -0.2) is 21.4 Å². The summed E-state index contributed by atoms with van der Waals surface area (Å²) < 4.78 is 13.4. The van der Waals surface area contributed by atoms with Crippen LogP contribution >= 0.6 is 0 Å². The maximum absolute atomic E-state index is 5.87. The number of rotatable bonds is 7. The molecule has 2 fully saturated rings. The molecule has 0 bridgehead atoms. The van der Waals surface area contributed by atoms with E-state index < -0.39 is 0 Å². The number of ether oxygens (including phenoxy) is 2. The molecule has 2 aliphatic rings. The van der Waals surface area contributed by atoms with E-state index in [0.29, 0.717) is 30.6 Å². The van der Waals surface area contributed by atoms with Crippen LogP contribution in [0.5, 0.6) is 11.5 Å². The van der Waals surface area contributed by atoms with Gasteiger partial charge in [-0.05, 0) is 69.7 Å². The average Bonchev–Trinajstić information content (AvgIpc) is 3.20. The van der Waals surface area contributed by atoms with Gasteiger partial charge in [0.25, 0.3) is 0 Å². The predicted molar refractivity (Wildman–Crippen MR) is 96.0 cm³/mol. The van der Waals surface area contributed by atoms with Gasteiger partial charge in [-0.2, -0.15) is 5.10 Å². The third-order valence-corrected chi connectivity index (χ3v) is 5.54. The number of aromatic nitrogens is 3. The SMILES string of the molecule is CCOc1ccc(OCc2nc([C@H]3CC34CCC4)n(C(C)C)n2)cc1. The zero-order valence-electron chi connectivity index (χ0n) is 15.4. The van der Waals surface area contributed by atoms with Crippen molar-refractivity contribution in [2.45, 2.75) is 65.0 Å². The molecular formula is C20H27N3O2. The monoisotopic (exact) mass is 341 g/mol. The smallest absolute Gasteiger partial charge is 0.188 e. The van der Waals surface area contributed by atoms with Crippen LogP contribution in [0.1, 0.15) is 70.1 Å². The van der Waals surface area contributed by atoms with Gasteiger partial charge in [0.1, 0.15) is 23.9 Å². The highest BCUT2D eigenvalue weighted by molar-refractivity contribution is 5.31. The van der Waals surface area contributed by atoms with E-state index in [0.717, 1.165) is 17.3 Å². The molecule has 25 heavy (non-hydrogen) atoms. The van der Waals surface area contributed by atoms with Crippen LogP contribution in [0.4, 0.5) is 0 Å². The minimum absolute atomic E-state index is 0.333. The molecule has 0 aliphatic heterocycles. The molecule has 1 heterocycles. The van der Waals surface area contributed by atoms with E-state index in [1.165, 1.54) is 31.5 Å². The van der Waals surface area contributed by atoms with Crippen LogP contribution in [-0.2, 0) is 6.61 Å². The highest BCUT2D eigenvalue weighted by Gasteiger charge is 2.60. The van der Waals surface area contributed by atoms with Gasteiger partial charge in [0.05, 0.1) is 6.61 Å². The van der Waals surface area contributed by atoms with Crippen molar-refractivity contribution < 1.29 is 9.47 Å². The minimum atomic E-state index is 0.333. The lowest BCUT2D eigenvalue weighted by Gasteiger charge is -2.26. The molecule has 0 N–H and O–H groups in total. The summed E-state index contributed by atoms with van der Waals surface area (Å²) in [7, 11) is 0. The van der Waals surface area contributed by atoms with Crippen LogP contribution in [0.15, 0.2) is 24.3 Å². The highest BCUT2D eigenvalue weighted by atomic mass is 16.5. The molecule has 134 valence electrons. The van der Waals surface area contributed by atoms with Crippen LogP contribution < -0.4 is 9.47 Å². The van der Waals surface area contributed by atoms with Gasteiger partial charge in [-0.3, -0.25) is 0 Å². The van der Waals surface area contributed by atoms with Gasteiger partial charge >= 0.3 is 0 Å². The minimum Gasteiger partial charge on any atom is -0.494 e. The van der Waals surface area contributed by atoms with Gasteiger partial charge in [0.15, 0.2) is 5.82 Å². The van der Waals surface area contributed by atoms with Gasteiger partial charge in [-0.1, -0.05) is 6.42 Å². The van der Waals surface area contributed by atoms with Crippen molar-refractivity contribution in [3.63, 3.8) is 0 Å². The predicted octanol–water partition coefficient (Wildman–Crippen LogP) is 4.49. The van der Waals surface area contributed by atoms with Crippen LogP contribution in [0, 0.1) is 5.41 Å². The molecule has 0 radical (unpaired) electrons. The fraction of sp³-hybridized carbons (Fsp3) is 0.600. The Hall–Kier alpha value is -2.04. The first-order valence-electron chi connectivity index (χ1n) is 9.42. The molecule has 2 aromatic rings. The van der Waals surface area contributed by atoms with E-state index in [-0.39, 0.29) is 0 Å². The van der Waals surface area contributed by atoms with Gasteiger partial charge in [0, 0.05) is 12.0 Å². The Morgan fingerprint density at radius 2 is 1.84 bits per heavy atom. The maximum atomic E-state index is 5.87. The second kappa shape index (κ2) is 6.36. The van der Waals surface area contributed by atoms with Crippen molar-refractivity contribution in [3.8, 4) is 11.5 Å². The lowest BCUT2D eigenvalue weighted by molar-refractivity contribution is 0.272. The summed E-state index contributed by atoms with van der Waals surface area (Å²) in [5.41, 5.74) is 0.562. The summed E-state index contributed by atoms with van der Waals surface area (Å²) in [5.74, 6) is 4.22. The largest absolute Gasteiger partial charge is 0.494 e. The van der Waals surface area contributed by atoms with E-state index in [2.05, 4.69) is 18.5 Å². The standard InChI is InChI=1S/C20H27N3O2/c1-4-24-15-6-8-16(9-7-15)25-13-18-21-19(23(22-18)14(2)3)17-12-20(17)10-5-11-20/h6-9,14,17H,4-5,10-13H2,1-3H3/t17-/m1/s1. The Bertz CT molecular complexity index is 732. The molecule has 1 atom stereocenters. The Kier molecular flexibility index (Phi) is 4.18. The maximum Gasteiger partial charge on any atom is 0.188 e. The third-order valence-electron chi connectivity index (χ3n) is 5.54. The van der Waals surface area contributed by atoms with Crippen molar-refractivity contribution in [1.29, 1.82) is 0 Å². The quantitative estimate of drug-likeness (QED) is 0.744. The fourth-order valence-electron chi connectivity index (χ4n) is 3.90. The van der Waals surface area contributed by atoms with E-state index in [9.17, 15) is 0 Å². The van der Waals surface area contributed by atoms with Gasteiger partial charge < -0.3 is 9.47 Å². The van der Waals surface area contributed by atoms with Crippen molar-refractivity contribution in [3.05, 3.63) is 35.9 Å². The summed E-state index contributed by atoms with van der Waals surface area (Å²) in [5, 5.41) is 4.71. The number of hydrogen-bond donors (Lipinski definition) is 0. The lowest BCUT2D eigenvalue weighted by Crippen LogP contribution is -2.16. The Balaban J connectivity index is 1.44. The Morgan fingerprint density at radius 1 is 1.16 bits per heavy atom. The van der Waals surface area contributed by atoms with E-state index in [1.54, 1.807) is 0 Å². The summed E-state index contributed by atoms with van der Waals surface area (Å²) in [6, 6.07) is 8.04. The first kappa shape index (κ1) is 16.4. The molecule has 2 saturated carbocycles. The van der Waals surface area contributed by atoms with E-state index in [1.807, 2.05) is 31.2 Å². The molecule has 5 nitrogen and oxygen atoms in total. The van der Waals surface area contributed by atoms with Gasteiger partial charge in [-0.15, -0.1) is 0 Å². The second-order valence-electron chi connectivity index (χ2n) is 7.59. The van der Waals surface area contributed by atoms with Crippen molar-refractivity contribution in [1.82, 2.24) is 14.8 Å². The van der Waals surface area contributed by atoms with E-state index >= 15 is 0 Å². The molecule has 2 aliphatic carbocycles. The van der Waals surface area contributed by atoms with Crippen LogP contribution in [0.2, 0.25) is 0 Å². The van der Waals surface area contributed by atoms with Gasteiger partial charge in [0.2, 0.25) is 0 Å². The average molecular weight is 341 g/mol. The summed E-state index contributed by atoms with van der Waals surface area (Å²) in [6.45, 7) is 7.39. The summed E-state index contributed by atoms with van der Waals surface area (Å²) >= 11 is 0. The second-order valence-corrected chi connectivity index (χ2v) is 7.59. The molecule has 1 spiro atoms. The van der Waals surface area contributed by atoms with E-state index in [4.69, 9.17) is 19.6 Å². The Morgan fingerprint density at radius 3 is 2.36 bits per heavy atom. The fourth-order valence-corrected chi connectivity index (χ4v) is 3.90. The van der Waals surface area contributed by atoms with Crippen LogP contribution in [0.3, 0.4) is 0 Å². The Labute approximate surface area is 149 Å². The highest BCUT2D eigenvalue weighted by Crippen LogP contribution is 2.69. The molecule has 1 aromatic heterocycles. The molecule has 5 heteroatoms. The zero-order valence-corrected chi connectivity index (χ0v) is 15.4. The topological polar surface area (TPSA) is 49.2 Å². The molecule has 0 unspecified atom stereocenters. The normalized spacial score (nSPS) is 20.6. The molecule has 1 aromatic carbocycles. The zero-order chi connectivity index (χ0) is 17.4. The molecular weight excluding hydrogens is 314 g/mol. The van der Waals surface area contributed by atoms with Crippen molar-refractivity contribution in [2.75, 3.05) is 6.61 Å². The van der Waals surface area contributed by atoms with Crippen molar-refractivity contribution >= 4 is 0 Å². The first-order valence-corrected chi connectivity index (χ1v) is 9.42.